The number of likely N-dealkylation sites (tertiary alicyclic amines) is 1. The van der Waals surface area contributed by atoms with Crippen LogP contribution < -0.4 is 5.32 Å². The summed E-state index contributed by atoms with van der Waals surface area (Å²) in [5.74, 6) is -0.563. The van der Waals surface area contributed by atoms with Crippen molar-refractivity contribution in [2.24, 2.45) is 5.92 Å². The molecule has 16 heavy (non-hydrogen) atoms. The van der Waals surface area contributed by atoms with E-state index in [1.165, 1.54) is 4.90 Å². The van der Waals surface area contributed by atoms with Crippen LogP contribution in [-0.2, 0) is 4.79 Å². The second-order valence-electron chi connectivity index (χ2n) is 4.91. The molecule has 0 aromatic heterocycles. The van der Waals surface area contributed by atoms with Crippen molar-refractivity contribution in [2.75, 3.05) is 13.1 Å². The summed E-state index contributed by atoms with van der Waals surface area (Å²) in [7, 11) is 0. The van der Waals surface area contributed by atoms with E-state index in [-0.39, 0.29) is 6.03 Å². The Balaban J connectivity index is 2.65. The Morgan fingerprint density at radius 1 is 1.50 bits per heavy atom. The third-order valence-electron chi connectivity index (χ3n) is 3.01. The molecule has 1 aliphatic heterocycles. The average molecular weight is 228 g/mol. The van der Waals surface area contributed by atoms with E-state index in [1.54, 1.807) is 6.92 Å². The van der Waals surface area contributed by atoms with Crippen molar-refractivity contribution < 1.29 is 14.7 Å². The van der Waals surface area contributed by atoms with Gasteiger partial charge in [0.1, 0.15) is 5.54 Å². The van der Waals surface area contributed by atoms with Gasteiger partial charge >= 0.3 is 12.0 Å². The number of aliphatic carboxylic acids is 1. The van der Waals surface area contributed by atoms with E-state index in [9.17, 15) is 9.59 Å². The van der Waals surface area contributed by atoms with Gasteiger partial charge in [0.2, 0.25) is 0 Å². The highest BCUT2D eigenvalue weighted by Gasteiger charge is 2.45. The van der Waals surface area contributed by atoms with Crippen LogP contribution in [0.15, 0.2) is 0 Å². The molecule has 0 aliphatic carbocycles. The van der Waals surface area contributed by atoms with E-state index >= 15 is 0 Å². The molecule has 0 bridgehead atoms. The van der Waals surface area contributed by atoms with Gasteiger partial charge in [0, 0.05) is 13.1 Å². The lowest BCUT2D eigenvalue weighted by atomic mass is 10.00. The normalized spacial score (nSPS) is 24.9. The van der Waals surface area contributed by atoms with Crippen LogP contribution in [0, 0.1) is 5.92 Å². The number of carboxylic acids is 1. The van der Waals surface area contributed by atoms with E-state index in [1.807, 2.05) is 13.8 Å². The topological polar surface area (TPSA) is 69.6 Å². The zero-order valence-electron chi connectivity index (χ0n) is 10.1. The Morgan fingerprint density at radius 2 is 2.12 bits per heavy atom. The first-order chi connectivity index (χ1) is 7.38. The SMILES string of the molecule is CC(C)CNC(=O)N1CCCC1(C)C(=O)O. The van der Waals surface area contributed by atoms with Crippen molar-refractivity contribution in [3.05, 3.63) is 0 Å². The van der Waals surface area contributed by atoms with Gasteiger partial charge in [-0.25, -0.2) is 9.59 Å². The Kier molecular flexibility index (Phi) is 3.78. The predicted molar refractivity (Wildman–Crippen MR) is 60.2 cm³/mol. The summed E-state index contributed by atoms with van der Waals surface area (Å²) in [6.07, 6.45) is 1.27. The molecule has 92 valence electrons. The lowest BCUT2D eigenvalue weighted by Crippen LogP contribution is -2.54. The number of urea groups is 1. The highest BCUT2D eigenvalue weighted by molar-refractivity contribution is 5.86. The average Bonchev–Trinajstić information content (AvgIpc) is 2.58. The number of nitrogens with one attached hydrogen (secondary N) is 1. The first-order valence-electron chi connectivity index (χ1n) is 5.67. The van der Waals surface area contributed by atoms with Gasteiger partial charge in [0.25, 0.3) is 0 Å². The predicted octanol–water partition coefficient (Wildman–Crippen LogP) is 1.29. The number of amides is 2. The summed E-state index contributed by atoms with van der Waals surface area (Å²) in [5, 5.41) is 11.9. The molecule has 1 unspecified atom stereocenters. The van der Waals surface area contributed by atoms with Crippen molar-refractivity contribution >= 4 is 12.0 Å². The van der Waals surface area contributed by atoms with Crippen molar-refractivity contribution in [3.63, 3.8) is 0 Å². The van der Waals surface area contributed by atoms with Crippen molar-refractivity contribution in [3.8, 4) is 0 Å². The molecule has 1 heterocycles. The standard InChI is InChI=1S/C11H20N2O3/c1-8(2)7-12-10(16)13-6-4-5-11(13,3)9(14)15/h8H,4-7H2,1-3H3,(H,12,16)(H,14,15). The van der Waals surface area contributed by atoms with Crippen LogP contribution in [0.4, 0.5) is 4.79 Å². The molecule has 5 nitrogen and oxygen atoms in total. The van der Waals surface area contributed by atoms with Crippen LogP contribution in [-0.4, -0.2) is 40.6 Å². The summed E-state index contributed by atoms with van der Waals surface area (Å²) >= 11 is 0. The van der Waals surface area contributed by atoms with Gasteiger partial charge in [0.15, 0.2) is 0 Å². The Morgan fingerprint density at radius 3 is 2.62 bits per heavy atom. The first kappa shape index (κ1) is 12.8. The lowest BCUT2D eigenvalue weighted by molar-refractivity contribution is -0.147. The summed E-state index contributed by atoms with van der Waals surface area (Å²) in [5.41, 5.74) is -1.04. The molecule has 1 atom stereocenters. The fourth-order valence-electron chi connectivity index (χ4n) is 1.90. The van der Waals surface area contributed by atoms with Gasteiger partial charge in [-0.3, -0.25) is 0 Å². The van der Waals surface area contributed by atoms with Crippen LogP contribution in [0.2, 0.25) is 0 Å². The van der Waals surface area contributed by atoms with Crippen LogP contribution >= 0.6 is 0 Å². The van der Waals surface area contributed by atoms with Gasteiger partial charge in [-0.2, -0.15) is 0 Å². The number of rotatable bonds is 3. The minimum absolute atomic E-state index is 0.267. The van der Waals surface area contributed by atoms with E-state index in [4.69, 9.17) is 5.11 Å². The Hall–Kier alpha value is -1.26. The van der Waals surface area contributed by atoms with Crippen LogP contribution in [0.5, 0.6) is 0 Å². The van der Waals surface area contributed by atoms with E-state index in [2.05, 4.69) is 5.32 Å². The lowest BCUT2D eigenvalue weighted by Gasteiger charge is -2.31. The Bertz CT molecular complexity index is 291. The maximum atomic E-state index is 11.8. The molecule has 0 aromatic carbocycles. The summed E-state index contributed by atoms with van der Waals surface area (Å²) in [6, 6.07) is -0.267. The molecule has 0 spiro atoms. The van der Waals surface area contributed by atoms with Crippen molar-refractivity contribution in [2.45, 2.75) is 39.2 Å². The summed E-state index contributed by atoms with van der Waals surface area (Å²) in [6.45, 7) is 6.70. The maximum Gasteiger partial charge on any atom is 0.329 e. The molecular weight excluding hydrogens is 208 g/mol. The fraction of sp³-hybridized carbons (Fsp3) is 0.818. The molecule has 0 aromatic rings. The fourth-order valence-corrected chi connectivity index (χ4v) is 1.90. The van der Waals surface area contributed by atoms with Gasteiger partial charge in [-0.15, -0.1) is 0 Å². The molecule has 1 aliphatic rings. The van der Waals surface area contributed by atoms with Gasteiger partial charge in [-0.1, -0.05) is 13.8 Å². The molecule has 1 rings (SSSR count). The third-order valence-corrected chi connectivity index (χ3v) is 3.01. The Labute approximate surface area is 95.8 Å². The number of hydrogen-bond donors (Lipinski definition) is 2. The van der Waals surface area contributed by atoms with Gasteiger partial charge in [0.05, 0.1) is 0 Å². The second-order valence-corrected chi connectivity index (χ2v) is 4.91. The van der Waals surface area contributed by atoms with Crippen molar-refractivity contribution in [1.82, 2.24) is 10.2 Å². The first-order valence-corrected chi connectivity index (χ1v) is 5.67. The minimum Gasteiger partial charge on any atom is -0.480 e. The summed E-state index contributed by atoms with van der Waals surface area (Å²) in [4.78, 5) is 24.4. The zero-order chi connectivity index (χ0) is 12.3. The van der Waals surface area contributed by atoms with Crippen LogP contribution in [0.1, 0.15) is 33.6 Å². The molecule has 5 heteroatoms. The second kappa shape index (κ2) is 4.72. The monoisotopic (exact) mass is 228 g/mol. The van der Waals surface area contributed by atoms with Gasteiger partial charge < -0.3 is 15.3 Å². The highest BCUT2D eigenvalue weighted by Crippen LogP contribution is 2.29. The molecule has 1 saturated heterocycles. The molecular formula is C11H20N2O3. The van der Waals surface area contributed by atoms with E-state index in [0.717, 1.165) is 6.42 Å². The number of carboxylic acid groups (broad SMARTS) is 1. The number of carbonyl (C=O) groups excluding carboxylic acids is 1. The minimum atomic E-state index is -1.04. The molecule has 2 amide bonds. The molecule has 2 N–H and O–H groups in total. The number of nitrogens with zero attached hydrogens (tertiary/aromatic N) is 1. The number of hydrogen-bond acceptors (Lipinski definition) is 2. The van der Waals surface area contributed by atoms with E-state index in [0.29, 0.717) is 25.4 Å². The third kappa shape index (κ3) is 2.46. The zero-order valence-corrected chi connectivity index (χ0v) is 10.1. The molecule has 1 fully saturated rings. The van der Waals surface area contributed by atoms with Crippen LogP contribution in [0.25, 0.3) is 0 Å². The molecule has 0 saturated carbocycles. The quantitative estimate of drug-likeness (QED) is 0.764. The number of carbonyl (C=O) groups is 2. The van der Waals surface area contributed by atoms with Crippen LogP contribution in [0.3, 0.4) is 0 Å². The summed E-state index contributed by atoms with van der Waals surface area (Å²) < 4.78 is 0. The van der Waals surface area contributed by atoms with Gasteiger partial charge in [-0.05, 0) is 25.7 Å². The van der Waals surface area contributed by atoms with E-state index < -0.39 is 11.5 Å². The van der Waals surface area contributed by atoms with Crippen molar-refractivity contribution in [1.29, 1.82) is 0 Å². The smallest absolute Gasteiger partial charge is 0.329 e. The maximum absolute atomic E-state index is 11.8. The molecule has 0 radical (unpaired) electrons. The largest absolute Gasteiger partial charge is 0.480 e. The highest BCUT2D eigenvalue weighted by atomic mass is 16.4.